The first-order chi connectivity index (χ1) is 7.31. The highest BCUT2D eigenvalue weighted by Gasteiger charge is 2.01. The molecular weight excluding hydrogens is 250 g/mol. The molecule has 0 aliphatic rings. The van der Waals surface area contributed by atoms with E-state index >= 15 is 0 Å². The Morgan fingerprint density at radius 3 is 2.87 bits per heavy atom. The third kappa shape index (κ3) is 2.23. The van der Waals surface area contributed by atoms with Gasteiger partial charge in [-0.25, -0.2) is 4.99 Å². The van der Waals surface area contributed by atoms with Crippen molar-refractivity contribution >= 4 is 38.2 Å². The molecule has 2 rings (SSSR count). The Morgan fingerprint density at radius 1 is 1.40 bits per heavy atom. The molecule has 0 spiro atoms. The average Bonchev–Trinajstić information content (AvgIpc) is 2.65. The van der Waals surface area contributed by atoms with E-state index in [9.17, 15) is 0 Å². The summed E-state index contributed by atoms with van der Waals surface area (Å²) in [6.07, 6.45) is 0. The van der Waals surface area contributed by atoms with Crippen LogP contribution in [0.15, 0.2) is 29.3 Å². The summed E-state index contributed by atoms with van der Waals surface area (Å²) in [6.45, 7) is 0. The van der Waals surface area contributed by atoms with Gasteiger partial charge in [-0.05, 0) is 22.5 Å². The topological polar surface area (TPSA) is 49.0 Å². The van der Waals surface area contributed by atoms with Crippen LogP contribution >= 0.6 is 32.5 Å². The summed E-state index contributed by atoms with van der Waals surface area (Å²) in [5.74, 6) is 0. The SMILES string of the molecule is N#Cc1ccccc1N=c1ssnc1Cl. The fraction of sp³-hybridized carbons (Fsp3) is 0. The Morgan fingerprint density at radius 2 is 2.20 bits per heavy atom. The maximum atomic E-state index is 8.86. The van der Waals surface area contributed by atoms with Gasteiger partial charge in [0.05, 0.1) is 11.3 Å². The van der Waals surface area contributed by atoms with Crippen molar-refractivity contribution in [3.05, 3.63) is 39.7 Å². The average molecular weight is 254 g/mol. The number of nitrogens with zero attached hydrogens (tertiary/aromatic N) is 3. The summed E-state index contributed by atoms with van der Waals surface area (Å²) < 4.78 is 4.56. The van der Waals surface area contributed by atoms with Crippen molar-refractivity contribution in [2.45, 2.75) is 0 Å². The maximum Gasteiger partial charge on any atom is 0.179 e. The molecule has 0 unspecified atom stereocenters. The smallest absolute Gasteiger partial charge is 0.179 e. The molecule has 6 heteroatoms. The summed E-state index contributed by atoms with van der Waals surface area (Å²) in [5, 5.41) is 9.25. The third-order valence-corrected chi connectivity index (χ3v) is 3.83. The van der Waals surface area contributed by atoms with E-state index in [-0.39, 0.29) is 0 Å². The van der Waals surface area contributed by atoms with E-state index < -0.39 is 0 Å². The highest BCUT2D eigenvalue weighted by atomic mass is 35.5. The molecule has 1 aromatic heterocycles. The van der Waals surface area contributed by atoms with Crippen LogP contribution < -0.4 is 4.67 Å². The monoisotopic (exact) mass is 253 g/mol. The summed E-state index contributed by atoms with van der Waals surface area (Å²) >= 11 is 5.82. The van der Waals surface area contributed by atoms with E-state index in [2.05, 4.69) is 15.4 Å². The van der Waals surface area contributed by atoms with Crippen molar-refractivity contribution in [2.24, 2.45) is 4.99 Å². The third-order valence-electron chi connectivity index (χ3n) is 1.66. The molecule has 0 radical (unpaired) electrons. The van der Waals surface area contributed by atoms with E-state index in [0.717, 1.165) is 0 Å². The first kappa shape index (κ1) is 10.3. The second-order valence-corrected chi connectivity index (χ2v) is 4.78. The minimum Gasteiger partial charge on any atom is -0.233 e. The predicted molar refractivity (Wildman–Crippen MR) is 61.4 cm³/mol. The molecule has 0 fully saturated rings. The van der Waals surface area contributed by atoms with Gasteiger partial charge in [0.25, 0.3) is 0 Å². The molecule has 0 amide bonds. The Balaban J connectivity index is 2.59. The first-order valence-electron chi connectivity index (χ1n) is 3.96. The molecular formula is C9H4ClN3S2. The van der Waals surface area contributed by atoms with Gasteiger partial charge < -0.3 is 0 Å². The van der Waals surface area contributed by atoms with Crippen LogP contribution in [0.1, 0.15) is 5.56 Å². The Labute approximate surface area is 98.5 Å². The quantitative estimate of drug-likeness (QED) is 0.734. The molecule has 74 valence electrons. The minimum absolute atomic E-state index is 0.387. The summed E-state index contributed by atoms with van der Waals surface area (Å²) in [5.41, 5.74) is 1.16. The highest BCUT2D eigenvalue weighted by Crippen LogP contribution is 2.17. The van der Waals surface area contributed by atoms with E-state index in [1.165, 1.54) is 20.9 Å². The van der Waals surface area contributed by atoms with Gasteiger partial charge in [-0.3, -0.25) is 0 Å². The zero-order valence-electron chi connectivity index (χ0n) is 7.35. The van der Waals surface area contributed by atoms with Crippen molar-refractivity contribution in [3.8, 4) is 6.07 Å². The summed E-state index contributed by atoms with van der Waals surface area (Å²) in [7, 11) is 2.67. The van der Waals surface area contributed by atoms with Crippen molar-refractivity contribution in [3.63, 3.8) is 0 Å². The van der Waals surface area contributed by atoms with E-state index in [1.807, 2.05) is 6.07 Å². The number of halogens is 1. The Hall–Kier alpha value is -1.22. The van der Waals surface area contributed by atoms with Crippen LogP contribution in [-0.4, -0.2) is 4.37 Å². The van der Waals surface area contributed by atoms with Crippen LogP contribution in [0.3, 0.4) is 0 Å². The van der Waals surface area contributed by atoms with Gasteiger partial charge in [-0.2, -0.15) is 9.64 Å². The summed E-state index contributed by atoms with van der Waals surface area (Å²) in [6, 6.07) is 9.21. The fourth-order valence-corrected chi connectivity index (χ4v) is 2.98. The molecule has 1 heterocycles. The zero-order chi connectivity index (χ0) is 10.7. The van der Waals surface area contributed by atoms with Gasteiger partial charge in [0.2, 0.25) is 0 Å². The molecule has 0 bridgehead atoms. The van der Waals surface area contributed by atoms with Crippen LogP contribution in [0, 0.1) is 11.3 Å². The molecule has 2 aromatic rings. The van der Waals surface area contributed by atoms with Crippen LogP contribution in [0.2, 0.25) is 5.15 Å². The van der Waals surface area contributed by atoms with Gasteiger partial charge >= 0.3 is 0 Å². The van der Waals surface area contributed by atoms with Gasteiger partial charge in [0, 0.05) is 10.5 Å². The first-order valence-corrected chi connectivity index (χ1v) is 6.45. The van der Waals surface area contributed by atoms with E-state index in [0.29, 0.717) is 21.1 Å². The number of nitriles is 1. The number of para-hydroxylation sites is 1. The van der Waals surface area contributed by atoms with Crippen LogP contribution in [-0.2, 0) is 0 Å². The van der Waals surface area contributed by atoms with Gasteiger partial charge in [0.1, 0.15) is 6.07 Å². The number of hydrogen-bond donors (Lipinski definition) is 0. The zero-order valence-corrected chi connectivity index (χ0v) is 9.73. The van der Waals surface area contributed by atoms with Crippen LogP contribution in [0.5, 0.6) is 0 Å². The van der Waals surface area contributed by atoms with Crippen LogP contribution in [0.4, 0.5) is 5.69 Å². The largest absolute Gasteiger partial charge is 0.233 e. The van der Waals surface area contributed by atoms with E-state index in [1.54, 1.807) is 18.2 Å². The van der Waals surface area contributed by atoms with Gasteiger partial charge in [-0.1, -0.05) is 23.7 Å². The minimum atomic E-state index is 0.387. The van der Waals surface area contributed by atoms with Gasteiger partial charge in [0.15, 0.2) is 9.82 Å². The number of hydrogen-bond acceptors (Lipinski definition) is 5. The van der Waals surface area contributed by atoms with Crippen molar-refractivity contribution in [1.29, 1.82) is 5.26 Å². The molecule has 0 N–H and O–H groups in total. The highest BCUT2D eigenvalue weighted by molar-refractivity contribution is 7.66. The standard InChI is InChI=1S/C9H4ClN3S2/c10-8-9(14-15-13-8)12-7-4-2-1-3-6(7)5-11/h1-4H. The lowest BCUT2D eigenvalue weighted by molar-refractivity contribution is 1.35. The molecule has 0 saturated carbocycles. The predicted octanol–water partition coefficient (Wildman–Crippen LogP) is 2.96. The number of aromatic nitrogens is 1. The molecule has 0 aliphatic heterocycles. The number of rotatable bonds is 1. The molecule has 3 nitrogen and oxygen atoms in total. The molecule has 0 aliphatic carbocycles. The lowest BCUT2D eigenvalue weighted by Gasteiger charge is -1.93. The second kappa shape index (κ2) is 4.53. The lowest BCUT2D eigenvalue weighted by Crippen LogP contribution is -1.93. The Kier molecular flexibility index (Phi) is 3.11. The van der Waals surface area contributed by atoms with Crippen molar-refractivity contribution in [2.75, 3.05) is 0 Å². The van der Waals surface area contributed by atoms with Crippen molar-refractivity contribution < 1.29 is 0 Å². The second-order valence-electron chi connectivity index (χ2n) is 2.59. The van der Waals surface area contributed by atoms with Crippen molar-refractivity contribution in [1.82, 2.24) is 4.37 Å². The van der Waals surface area contributed by atoms with Gasteiger partial charge in [-0.15, -0.1) is 0 Å². The molecule has 1 aromatic carbocycles. The Bertz CT molecular complexity index is 579. The maximum absolute atomic E-state index is 8.86. The van der Waals surface area contributed by atoms with Crippen LogP contribution in [0.25, 0.3) is 0 Å². The molecule has 0 saturated heterocycles. The number of benzene rings is 1. The lowest BCUT2D eigenvalue weighted by atomic mass is 10.2. The fourth-order valence-electron chi connectivity index (χ4n) is 1.000. The normalized spacial score (nSPS) is 11.3. The summed E-state index contributed by atoms with van der Waals surface area (Å²) in [4.78, 5) is 4.28. The molecule has 0 atom stereocenters. The van der Waals surface area contributed by atoms with E-state index in [4.69, 9.17) is 16.9 Å². The molecule has 15 heavy (non-hydrogen) atoms.